The lowest BCUT2D eigenvalue weighted by Crippen LogP contribution is -2.34. The standard InChI is InChI=1S/C13H19ClN2O2S2/c1-4-16(8-9(2)3)20(17,18)10-5-6-11(13(15)19)12(14)7-10/h5-7,9H,4,8H2,1-3H3,(H2,15,19). The number of rotatable bonds is 6. The molecule has 0 aliphatic rings. The van der Waals surface area contributed by atoms with Crippen LogP contribution in [0.4, 0.5) is 0 Å². The van der Waals surface area contributed by atoms with Crippen LogP contribution in [-0.4, -0.2) is 30.8 Å². The number of benzene rings is 1. The number of thiocarbonyl (C=S) groups is 1. The van der Waals surface area contributed by atoms with E-state index in [2.05, 4.69) is 0 Å². The Morgan fingerprint density at radius 3 is 2.45 bits per heavy atom. The van der Waals surface area contributed by atoms with Crippen molar-refractivity contribution in [2.45, 2.75) is 25.7 Å². The fraction of sp³-hybridized carbons (Fsp3) is 0.462. The fourth-order valence-corrected chi connectivity index (χ4v) is 4.03. The maximum absolute atomic E-state index is 12.5. The van der Waals surface area contributed by atoms with Crippen molar-refractivity contribution in [3.05, 3.63) is 28.8 Å². The molecule has 0 bridgehead atoms. The first-order valence-electron chi connectivity index (χ1n) is 6.29. The molecule has 7 heteroatoms. The summed E-state index contributed by atoms with van der Waals surface area (Å²) in [6.07, 6.45) is 0. The Kier molecular flexibility index (Phi) is 5.94. The highest BCUT2D eigenvalue weighted by atomic mass is 35.5. The van der Waals surface area contributed by atoms with Crippen LogP contribution in [0.5, 0.6) is 0 Å². The summed E-state index contributed by atoms with van der Waals surface area (Å²) in [4.78, 5) is 0.304. The molecular formula is C13H19ClN2O2S2. The lowest BCUT2D eigenvalue weighted by Gasteiger charge is -2.22. The van der Waals surface area contributed by atoms with Crippen molar-refractivity contribution in [2.75, 3.05) is 13.1 Å². The lowest BCUT2D eigenvalue weighted by atomic mass is 10.2. The van der Waals surface area contributed by atoms with Gasteiger partial charge in [-0.2, -0.15) is 4.31 Å². The van der Waals surface area contributed by atoms with Gasteiger partial charge in [0.2, 0.25) is 10.0 Å². The van der Waals surface area contributed by atoms with Gasteiger partial charge in [-0.1, -0.05) is 44.6 Å². The molecule has 0 amide bonds. The quantitative estimate of drug-likeness (QED) is 0.812. The van der Waals surface area contributed by atoms with E-state index in [4.69, 9.17) is 29.6 Å². The highest BCUT2D eigenvalue weighted by Gasteiger charge is 2.24. The molecule has 0 radical (unpaired) electrons. The fourth-order valence-electron chi connectivity index (χ4n) is 1.81. The number of sulfonamides is 1. The van der Waals surface area contributed by atoms with E-state index in [0.717, 1.165) is 0 Å². The molecule has 0 saturated heterocycles. The highest BCUT2D eigenvalue weighted by molar-refractivity contribution is 7.89. The molecule has 2 N–H and O–H groups in total. The maximum atomic E-state index is 12.5. The van der Waals surface area contributed by atoms with Crippen molar-refractivity contribution in [3.8, 4) is 0 Å². The SMILES string of the molecule is CCN(CC(C)C)S(=O)(=O)c1ccc(C(N)=S)c(Cl)c1. The van der Waals surface area contributed by atoms with Crippen LogP contribution >= 0.6 is 23.8 Å². The molecule has 0 aliphatic heterocycles. The second-order valence-electron chi connectivity index (χ2n) is 4.86. The molecule has 0 fully saturated rings. The van der Waals surface area contributed by atoms with E-state index in [-0.39, 0.29) is 20.8 Å². The van der Waals surface area contributed by atoms with Crippen LogP contribution in [-0.2, 0) is 10.0 Å². The predicted octanol–water partition coefficient (Wildman–Crippen LogP) is 2.64. The number of hydrogen-bond acceptors (Lipinski definition) is 3. The van der Waals surface area contributed by atoms with Crippen LogP contribution in [0.2, 0.25) is 5.02 Å². The van der Waals surface area contributed by atoms with Gasteiger partial charge >= 0.3 is 0 Å². The summed E-state index contributed by atoms with van der Waals surface area (Å²) in [5.41, 5.74) is 5.99. The highest BCUT2D eigenvalue weighted by Crippen LogP contribution is 2.23. The minimum Gasteiger partial charge on any atom is -0.389 e. The molecule has 0 heterocycles. The van der Waals surface area contributed by atoms with E-state index >= 15 is 0 Å². The van der Waals surface area contributed by atoms with Crippen molar-refractivity contribution < 1.29 is 8.42 Å². The Morgan fingerprint density at radius 2 is 2.05 bits per heavy atom. The summed E-state index contributed by atoms with van der Waals surface area (Å²) in [6, 6.07) is 4.42. The molecule has 4 nitrogen and oxygen atoms in total. The molecule has 1 rings (SSSR count). The zero-order chi connectivity index (χ0) is 15.5. The van der Waals surface area contributed by atoms with Gasteiger partial charge in [-0.3, -0.25) is 0 Å². The summed E-state index contributed by atoms with van der Waals surface area (Å²) in [5.74, 6) is 0.246. The first-order chi connectivity index (χ1) is 9.20. The minimum atomic E-state index is -3.55. The van der Waals surface area contributed by atoms with Gasteiger partial charge in [0.1, 0.15) is 4.99 Å². The topological polar surface area (TPSA) is 63.4 Å². The van der Waals surface area contributed by atoms with Crippen LogP contribution < -0.4 is 5.73 Å². The normalized spacial score (nSPS) is 12.1. The number of nitrogens with zero attached hydrogens (tertiary/aromatic N) is 1. The number of hydrogen-bond donors (Lipinski definition) is 1. The van der Waals surface area contributed by atoms with Crippen molar-refractivity contribution in [1.29, 1.82) is 0 Å². The Balaban J connectivity index is 3.21. The average molecular weight is 335 g/mol. The third kappa shape index (κ3) is 3.91. The first-order valence-corrected chi connectivity index (χ1v) is 8.52. The molecule has 0 aliphatic carbocycles. The summed E-state index contributed by atoms with van der Waals surface area (Å²) < 4.78 is 26.5. The Hall–Kier alpha value is -0.690. The van der Waals surface area contributed by atoms with E-state index in [1.54, 1.807) is 6.07 Å². The molecule has 0 atom stereocenters. The summed E-state index contributed by atoms with van der Waals surface area (Å²) in [5, 5.41) is 0.249. The van der Waals surface area contributed by atoms with Gasteiger partial charge in [-0.05, 0) is 24.1 Å². The van der Waals surface area contributed by atoms with Crippen LogP contribution in [0.15, 0.2) is 23.1 Å². The van der Waals surface area contributed by atoms with E-state index in [1.165, 1.54) is 16.4 Å². The van der Waals surface area contributed by atoms with Gasteiger partial charge in [0.15, 0.2) is 0 Å². The zero-order valence-electron chi connectivity index (χ0n) is 11.8. The van der Waals surface area contributed by atoms with Crippen LogP contribution in [0, 0.1) is 5.92 Å². The molecule has 1 aromatic rings. The van der Waals surface area contributed by atoms with Gasteiger partial charge in [-0.25, -0.2) is 8.42 Å². The van der Waals surface area contributed by atoms with Crippen molar-refractivity contribution >= 4 is 38.8 Å². The third-order valence-corrected chi connectivity index (χ3v) is 5.23. The minimum absolute atomic E-state index is 0.147. The number of halogens is 1. The lowest BCUT2D eigenvalue weighted by molar-refractivity contribution is 0.381. The number of nitrogens with two attached hydrogens (primary N) is 1. The van der Waals surface area contributed by atoms with Gasteiger partial charge in [0, 0.05) is 18.7 Å². The predicted molar refractivity (Wildman–Crippen MR) is 86.6 cm³/mol. The Labute approximate surface area is 131 Å². The maximum Gasteiger partial charge on any atom is 0.243 e. The zero-order valence-corrected chi connectivity index (χ0v) is 14.1. The first kappa shape index (κ1) is 17.4. The molecular weight excluding hydrogens is 316 g/mol. The van der Waals surface area contributed by atoms with E-state index in [9.17, 15) is 8.42 Å². The third-order valence-electron chi connectivity index (χ3n) is 2.77. The van der Waals surface area contributed by atoms with Crippen LogP contribution in [0.1, 0.15) is 26.3 Å². The van der Waals surface area contributed by atoms with Crippen molar-refractivity contribution in [3.63, 3.8) is 0 Å². The molecule has 112 valence electrons. The smallest absolute Gasteiger partial charge is 0.243 e. The molecule has 20 heavy (non-hydrogen) atoms. The van der Waals surface area contributed by atoms with Crippen LogP contribution in [0.3, 0.4) is 0 Å². The second kappa shape index (κ2) is 6.85. The van der Waals surface area contributed by atoms with E-state index < -0.39 is 10.0 Å². The monoisotopic (exact) mass is 334 g/mol. The molecule has 0 spiro atoms. The Bertz CT molecular complexity index is 600. The van der Waals surface area contributed by atoms with Crippen molar-refractivity contribution in [2.24, 2.45) is 11.7 Å². The van der Waals surface area contributed by atoms with Gasteiger partial charge in [-0.15, -0.1) is 0 Å². The summed E-state index contributed by atoms with van der Waals surface area (Å²) in [6.45, 7) is 6.63. The van der Waals surface area contributed by atoms with Gasteiger partial charge < -0.3 is 5.73 Å². The average Bonchev–Trinajstić information content (AvgIpc) is 2.34. The second-order valence-corrected chi connectivity index (χ2v) is 7.64. The molecule has 0 aromatic heterocycles. The van der Waals surface area contributed by atoms with Crippen molar-refractivity contribution in [1.82, 2.24) is 4.31 Å². The van der Waals surface area contributed by atoms with Crippen LogP contribution in [0.25, 0.3) is 0 Å². The van der Waals surface area contributed by atoms with E-state index in [1.807, 2.05) is 20.8 Å². The van der Waals surface area contributed by atoms with E-state index in [0.29, 0.717) is 18.7 Å². The summed E-state index contributed by atoms with van der Waals surface area (Å²) >= 11 is 10.9. The van der Waals surface area contributed by atoms with Gasteiger partial charge in [0.25, 0.3) is 0 Å². The largest absolute Gasteiger partial charge is 0.389 e. The van der Waals surface area contributed by atoms with Gasteiger partial charge in [0.05, 0.1) is 9.92 Å². The molecule has 0 unspecified atom stereocenters. The summed E-state index contributed by atoms with van der Waals surface area (Å²) in [7, 11) is -3.55. The Morgan fingerprint density at radius 1 is 1.45 bits per heavy atom. The molecule has 1 aromatic carbocycles. The molecule has 0 saturated carbocycles.